The number of amides is 1. The largest absolute Gasteiger partial charge is 0.462 e. The number of carbonyl (C=O) groups excluding carboxylic acids is 2. The van der Waals surface area contributed by atoms with Gasteiger partial charge in [-0.3, -0.25) is 4.79 Å². The highest BCUT2D eigenvalue weighted by molar-refractivity contribution is 7.16. The normalized spacial score (nSPS) is 18.5. The third-order valence-corrected chi connectivity index (χ3v) is 5.17. The zero-order valence-corrected chi connectivity index (χ0v) is 14.5. The van der Waals surface area contributed by atoms with Crippen LogP contribution >= 0.6 is 11.3 Å². The van der Waals surface area contributed by atoms with E-state index < -0.39 is 11.9 Å². The number of hydrogen-bond donors (Lipinski definition) is 0. The lowest BCUT2D eigenvalue weighted by Crippen LogP contribution is -2.47. The molecule has 0 saturated carbocycles. The summed E-state index contributed by atoms with van der Waals surface area (Å²) in [7, 11) is 1.22. The Kier molecular flexibility index (Phi) is 5.11. The number of rotatable bonds is 4. The predicted octanol–water partition coefficient (Wildman–Crippen LogP) is 2.37. The van der Waals surface area contributed by atoms with Crippen LogP contribution in [0.15, 0.2) is 23.7 Å². The second-order valence-corrected chi connectivity index (χ2v) is 6.76. The van der Waals surface area contributed by atoms with Crippen molar-refractivity contribution in [3.8, 4) is 0 Å². The summed E-state index contributed by atoms with van der Waals surface area (Å²) >= 11 is 1.57. The van der Waals surface area contributed by atoms with E-state index in [9.17, 15) is 9.59 Å². The minimum Gasteiger partial charge on any atom is -0.462 e. The minimum absolute atomic E-state index is 0.0541. The molecule has 2 atom stereocenters. The predicted molar refractivity (Wildman–Crippen MR) is 90.6 cm³/mol. The highest BCUT2D eigenvalue weighted by Gasteiger charge is 2.33. The first-order chi connectivity index (χ1) is 11.6. The highest BCUT2D eigenvalue weighted by Crippen LogP contribution is 2.24. The van der Waals surface area contributed by atoms with Crippen molar-refractivity contribution in [3.63, 3.8) is 0 Å². The van der Waals surface area contributed by atoms with Gasteiger partial charge < -0.3 is 14.4 Å². The Morgan fingerprint density at radius 2 is 2.33 bits per heavy atom. The summed E-state index contributed by atoms with van der Waals surface area (Å²) in [6.45, 7) is 2.93. The fourth-order valence-electron chi connectivity index (χ4n) is 2.99. The van der Waals surface area contributed by atoms with Gasteiger partial charge in [0.05, 0.1) is 35.0 Å². The first kappa shape index (κ1) is 16.9. The van der Waals surface area contributed by atoms with E-state index in [1.807, 2.05) is 25.1 Å². The smallest absolute Gasteiger partial charge is 0.396 e. The van der Waals surface area contributed by atoms with E-state index in [1.54, 1.807) is 16.8 Å². The van der Waals surface area contributed by atoms with E-state index in [4.69, 9.17) is 4.74 Å². The summed E-state index contributed by atoms with van der Waals surface area (Å²) in [4.78, 5) is 30.1. The van der Waals surface area contributed by atoms with Crippen molar-refractivity contribution in [3.05, 3.63) is 29.3 Å². The van der Waals surface area contributed by atoms with Gasteiger partial charge in [-0.15, -0.1) is 11.3 Å². The van der Waals surface area contributed by atoms with Crippen LogP contribution in [0.2, 0.25) is 0 Å². The van der Waals surface area contributed by atoms with E-state index >= 15 is 0 Å². The molecule has 1 saturated heterocycles. The van der Waals surface area contributed by atoms with E-state index in [1.165, 1.54) is 12.0 Å². The maximum Gasteiger partial charge on any atom is 0.396 e. The van der Waals surface area contributed by atoms with Crippen molar-refractivity contribution < 1.29 is 19.1 Å². The third kappa shape index (κ3) is 3.42. The van der Waals surface area contributed by atoms with E-state index in [0.29, 0.717) is 13.2 Å². The van der Waals surface area contributed by atoms with Crippen molar-refractivity contribution >= 4 is 33.4 Å². The quantitative estimate of drug-likeness (QED) is 0.627. The molecule has 1 fully saturated rings. The Hall–Kier alpha value is -1.99. The number of thiazole rings is 1. The van der Waals surface area contributed by atoms with Crippen LogP contribution in [0.25, 0.3) is 10.2 Å². The molecule has 6 nitrogen and oxygen atoms in total. The van der Waals surface area contributed by atoms with Crippen molar-refractivity contribution in [1.29, 1.82) is 0 Å². The summed E-state index contributed by atoms with van der Waals surface area (Å²) in [5.41, 5.74) is 3.61. The number of nitrogens with zero attached hydrogens (tertiary/aromatic N) is 2. The molecule has 1 aromatic carbocycles. The summed E-state index contributed by atoms with van der Waals surface area (Å²) in [6, 6.07) is 5.69. The topological polar surface area (TPSA) is 68.7 Å². The molecule has 128 valence electrons. The number of ether oxygens (including phenoxy) is 2. The number of fused-ring (bicyclic) bond motifs is 1. The fourth-order valence-corrected chi connectivity index (χ4v) is 3.65. The summed E-state index contributed by atoms with van der Waals surface area (Å²) in [5, 5.41) is 0. The average molecular weight is 348 g/mol. The monoisotopic (exact) mass is 348 g/mol. The maximum absolute atomic E-state index is 12.5. The Labute approximate surface area is 144 Å². The first-order valence-corrected chi connectivity index (χ1v) is 8.80. The van der Waals surface area contributed by atoms with Gasteiger partial charge in [0.1, 0.15) is 0 Å². The molecule has 24 heavy (non-hydrogen) atoms. The summed E-state index contributed by atoms with van der Waals surface area (Å²) < 4.78 is 11.4. The fraction of sp³-hybridized carbons (Fsp3) is 0.471. The molecule has 2 aromatic rings. The molecule has 7 heteroatoms. The van der Waals surface area contributed by atoms with Crippen molar-refractivity contribution in [2.45, 2.75) is 38.5 Å². The van der Waals surface area contributed by atoms with Gasteiger partial charge in [0.15, 0.2) is 0 Å². The second-order valence-electron chi connectivity index (χ2n) is 5.87. The van der Waals surface area contributed by atoms with Crippen LogP contribution < -0.4 is 0 Å². The lowest BCUT2D eigenvalue weighted by molar-refractivity contribution is -0.161. The van der Waals surface area contributed by atoms with Crippen molar-refractivity contribution in [2.24, 2.45) is 0 Å². The second kappa shape index (κ2) is 7.27. The van der Waals surface area contributed by atoms with Crippen LogP contribution in [0.5, 0.6) is 0 Å². The molecular weight excluding hydrogens is 328 g/mol. The molecule has 1 amide bonds. The molecule has 0 bridgehead atoms. The Morgan fingerprint density at radius 3 is 3.04 bits per heavy atom. The minimum atomic E-state index is -0.852. The number of esters is 1. The Morgan fingerprint density at radius 1 is 1.50 bits per heavy atom. The van der Waals surface area contributed by atoms with Crippen LogP contribution in [-0.2, 0) is 25.6 Å². The van der Waals surface area contributed by atoms with Crippen LogP contribution in [0.4, 0.5) is 0 Å². The molecule has 3 rings (SSSR count). The molecule has 0 unspecified atom stereocenters. The van der Waals surface area contributed by atoms with Crippen LogP contribution in [-0.4, -0.2) is 47.6 Å². The number of hydrogen-bond acceptors (Lipinski definition) is 6. The molecule has 0 N–H and O–H groups in total. The number of carbonyl (C=O) groups is 2. The van der Waals surface area contributed by atoms with Crippen molar-refractivity contribution in [2.75, 3.05) is 13.7 Å². The van der Waals surface area contributed by atoms with Gasteiger partial charge in [-0.1, -0.05) is 6.07 Å². The number of methoxy groups -OCH3 is 1. The van der Waals surface area contributed by atoms with Crippen LogP contribution in [0, 0.1) is 0 Å². The van der Waals surface area contributed by atoms with Gasteiger partial charge >= 0.3 is 11.9 Å². The summed E-state index contributed by atoms with van der Waals surface area (Å²) in [6.07, 6.45) is 1.80. The Bertz CT molecular complexity index is 739. The first-order valence-electron chi connectivity index (χ1n) is 7.93. The molecular formula is C17H20N2O4S. The van der Waals surface area contributed by atoms with Crippen LogP contribution in [0.1, 0.15) is 25.3 Å². The number of benzene rings is 1. The van der Waals surface area contributed by atoms with Crippen molar-refractivity contribution in [1.82, 2.24) is 9.88 Å². The molecule has 0 radical (unpaired) electrons. The molecule has 1 aliphatic heterocycles. The maximum atomic E-state index is 12.5. The van der Waals surface area contributed by atoms with E-state index in [2.05, 4.69) is 9.72 Å². The standard InChI is InChI=1S/C17H20N2O4S/c1-11(14-4-3-7-23-14)19(16(20)17(21)22-2)9-12-5-6-15-13(8-12)18-10-24-15/h5-6,8,10-11,14H,3-4,7,9H2,1-2H3/t11-,14+/m0/s1. The molecule has 1 aliphatic rings. The number of aromatic nitrogens is 1. The molecule has 2 heterocycles. The SMILES string of the molecule is COC(=O)C(=O)N(Cc1ccc2scnc2c1)[C@@H](C)[C@H]1CCCO1. The lowest BCUT2D eigenvalue weighted by Gasteiger charge is -2.31. The zero-order chi connectivity index (χ0) is 17.1. The van der Waals surface area contributed by atoms with Crippen LogP contribution in [0.3, 0.4) is 0 Å². The van der Waals surface area contributed by atoms with Gasteiger partial charge in [0, 0.05) is 13.2 Å². The molecule has 0 spiro atoms. The van der Waals surface area contributed by atoms with Gasteiger partial charge in [-0.05, 0) is 37.5 Å². The van der Waals surface area contributed by atoms with Gasteiger partial charge in [-0.25, -0.2) is 9.78 Å². The third-order valence-electron chi connectivity index (χ3n) is 4.36. The zero-order valence-electron chi connectivity index (χ0n) is 13.7. The average Bonchev–Trinajstić information content (AvgIpc) is 3.28. The van der Waals surface area contributed by atoms with Gasteiger partial charge in [0.2, 0.25) is 0 Å². The van der Waals surface area contributed by atoms with E-state index in [0.717, 1.165) is 28.6 Å². The van der Waals surface area contributed by atoms with E-state index in [-0.39, 0.29) is 12.1 Å². The highest BCUT2D eigenvalue weighted by atomic mass is 32.1. The Balaban J connectivity index is 1.84. The van der Waals surface area contributed by atoms with Gasteiger partial charge in [-0.2, -0.15) is 0 Å². The molecule has 0 aliphatic carbocycles. The van der Waals surface area contributed by atoms with Gasteiger partial charge in [0.25, 0.3) is 0 Å². The summed E-state index contributed by atoms with van der Waals surface area (Å²) in [5.74, 6) is -1.49. The lowest BCUT2D eigenvalue weighted by atomic mass is 10.1. The molecule has 1 aromatic heterocycles.